The van der Waals surface area contributed by atoms with Crippen molar-refractivity contribution in [2.75, 3.05) is 13.2 Å². The smallest absolute Gasteiger partial charge is 0.126 e. The summed E-state index contributed by atoms with van der Waals surface area (Å²) in [5.41, 5.74) is -0.561. The number of hydrogen-bond donors (Lipinski definition) is 0. The first-order valence-electron chi connectivity index (χ1n) is 6.14. The van der Waals surface area contributed by atoms with Gasteiger partial charge < -0.3 is 14.3 Å². The van der Waals surface area contributed by atoms with E-state index in [0.717, 1.165) is 25.5 Å². The van der Waals surface area contributed by atoms with Crippen LogP contribution >= 0.6 is 0 Å². The lowest BCUT2D eigenvalue weighted by Gasteiger charge is -2.51. The van der Waals surface area contributed by atoms with Crippen LogP contribution in [0, 0.1) is 5.92 Å². The first-order chi connectivity index (χ1) is 7.70. The molecular weight excluding hydrogens is 204 g/mol. The molecule has 0 spiro atoms. The first-order valence-corrected chi connectivity index (χ1v) is 6.14. The molecule has 0 heterocycles. The van der Waals surface area contributed by atoms with Crippen LogP contribution in [0.25, 0.3) is 0 Å². The van der Waals surface area contributed by atoms with Crippen LogP contribution in [0.15, 0.2) is 12.2 Å². The molecule has 0 radical (unpaired) electrons. The third-order valence-corrected chi connectivity index (χ3v) is 3.81. The zero-order chi connectivity index (χ0) is 11.6. The highest BCUT2D eigenvalue weighted by Gasteiger charge is 2.52. The van der Waals surface area contributed by atoms with Crippen LogP contribution in [0.2, 0.25) is 0 Å². The topological polar surface area (TPSA) is 35.5 Å². The fraction of sp³-hybridized carbons (Fsp3) is 0.769. The normalized spacial score (nSPS) is 41.2. The van der Waals surface area contributed by atoms with Gasteiger partial charge in [-0.15, -0.1) is 0 Å². The van der Waals surface area contributed by atoms with Crippen LogP contribution < -0.4 is 0 Å². The maximum absolute atomic E-state index is 11.2. The van der Waals surface area contributed by atoms with Gasteiger partial charge in [0.1, 0.15) is 6.29 Å². The van der Waals surface area contributed by atoms with Gasteiger partial charge in [0, 0.05) is 13.2 Å². The molecule has 1 saturated carbocycles. The van der Waals surface area contributed by atoms with Crippen molar-refractivity contribution in [1.29, 1.82) is 0 Å². The van der Waals surface area contributed by atoms with Crippen LogP contribution in [0.4, 0.5) is 0 Å². The molecule has 3 rings (SSSR count). The van der Waals surface area contributed by atoms with Gasteiger partial charge in [0.2, 0.25) is 0 Å². The van der Waals surface area contributed by atoms with Gasteiger partial charge in [0.05, 0.1) is 17.1 Å². The van der Waals surface area contributed by atoms with E-state index >= 15 is 0 Å². The van der Waals surface area contributed by atoms with Gasteiger partial charge in [-0.3, -0.25) is 0 Å². The van der Waals surface area contributed by atoms with Crippen molar-refractivity contribution in [3.63, 3.8) is 0 Å². The predicted molar refractivity (Wildman–Crippen MR) is 61.3 cm³/mol. The van der Waals surface area contributed by atoms with Crippen molar-refractivity contribution in [2.24, 2.45) is 5.92 Å². The molecule has 0 aliphatic heterocycles. The van der Waals surface area contributed by atoms with Gasteiger partial charge in [-0.1, -0.05) is 12.2 Å². The number of ether oxygens (including phenoxy) is 2. The van der Waals surface area contributed by atoms with Gasteiger partial charge >= 0.3 is 0 Å². The molecular formula is C13H20O3. The zero-order valence-corrected chi connectivity index (χ0v) is 10.1. The summed E-state index contributed by atoms with van der Waals surface area (Å²) in [6, 6.07) is 0. The van der Waals surface area contributed by atoms with Gasteiger partial charge in [0.15, 0.2) is 0 Å². The molecule has 90 valence electrons. The Hall–Kier alpha value is -0.670. The Bertz CT molecular complexity index is 300. The van der Waals surface area contributed by atoms with Crippen molar-refractivity contribution in [3.05, 3.63) is 12.2 Å². The lowest BCUT2D eigenvalue weighted by Crippen LogP contribution is -2.55. The van der Waals surface area contributed by atoms with E-state index in [9.17, 15) is 4.79 Å². The largest absolute Gasteiger partial charge is 0.371 e. The van der Waals surface area contributed by atoms with E-state index in [2.05, 4.69) is 12.2 Å². The minimum absolute atomic E-state index is 0.0576. The van der Waals surface area contributed by atoms with Crippen LogP contribution in [0.3, 0.4) is 0 Å². The van der Waals surface area contributed by atoms with Crippen molar-refractivity contribution in [3.8, 4) is 0 Å². The van der Waals surface area contributed by atoms with Crippen molar-refractivity contribution < 1.29 is 14.3 Å². The lowest BCUT2D eigenvalue weighted by atomic mass is 9.64. The minimum Gasteiger partial charge on any atom is -0.371 e. The summed E-state index contributed by atoms with van der Waals surface area (Å²) in [4.78, 5) is 11.2. The van der Waals surface area contributed by atoms with Crippen molar-refractivity contribution >= 4 is 6.29 Å². The molecule has 3 nitrogen and oxygen atoms in total. The summed E-state index contributed by atoms with van der Waals surface area (Å²) in [5.74, 6) is -0.0576. The van der Waals surface area contributed by atoms with Crippen molar-refractivity contribution in [2.45, 2.75) is 44.3 Å². The number of carbonyl (C=O) groups is 1. The molecule has 0 aromatic carbocycles. The SMILES string of the molecule is CCOC12C=CC(OCC)(CC1)C(C=O)C2. The molecule has 0 amide bonds. The second kappa shape index (κ2) is 4.30. The van der Waals surface area contributed by atoms with E-state index in [1.807, 2.05) is 13.8 Å². The Labute approximate surface area is 96.8 Å². The predicted octanol–water partition coefficient (Wildman–Crippen LogP) is 2.11. The number of aldehydes is 1. The van der Waals surface area contributed by atoms with E-state index in [-0.39, 0.29) is 17.1 Å². The fourth-order valence-corrected chi connectivity index (χ4v) is 3.02. The summed E-state index contributed by atoms with van der Waals surface area (Å²) in [7, 11) is 0. The second-order valence-corrected chi connectivity index (χ2v) is 4.67. The molecule has 3 aliphatic carbocycles. The molecule has 0 aromatic heterocycles. The van der Waals surface area contributed by atoms with Gasteiger partial charge in [0.25, 0.3) is 0 Å². The molecule has 3 aliphatic rings. The van der Waals surface area contributed by atoms with Crippen LogP contribution in [-0.4, -0.2) is 30.7 Å². The van der Waals surface area contributed by atoms with E-state index in [1.54, 1.807) is 0 Å². The fourth-order valence-electron chi connectivity index (χ4n) is 3.02. The van der Waals surface area contributed by atoms with Gasteiger partial charge in [-0.05, 0) is 33.1 Å². The Balaban J connectivity index is 2.25. The first kappa shape index (κ1) is 11.8. The van der Waals surface area contributed by atoms with E-state index in [4.69, 9.17) is 9.47 Å². The summed E-state index contributed by atoms with van der Waals surface area (Å²) < 4.78 is 11.6. The number of hydrogen-bond acceptors (Lipinski definition) is 3. The monoisotopic (exact) mass is 224 g/mol. The maximum atomic E-state index is 11.2. The standard InChI is InChI=1S/C13H20O3/c1-3-15-12-5-7-13(8-6-12,16-4-2)11(9-12)10-14/h5,7,10-11H,3-4,6,8-9H2,1-2H3. The Morgan fingerprint density at radius 3 is 2.50 bits per heavy atom. The van der Waals surface area contributed by atoms with E-state index < -0.39 is 0 Å². The summed E-state index contributed by atoms with van der Waals surface area (Å²) in [5, 5.41) is 0. The molecule has 3 unspecified atom stereocenters. The van der Waals surface area contributed by atoms with Crippen molar-refractivity contribution in [1.82, 2.24) is 0 Å². The Morgan fingerprint density at radius 2 is 2.00 bits per heavy atom. The Morgan fingerprint density at radius 1 is 1.25 bits per heavy atom. The third-order valence-electron chi connectivity index (χ3n) is 3.81. The Kier molecular flexibility index (Phi) is 3.17. The molecule has 0 saturated heterocycles. The molecule has 1 fully saturated rings. The average Bonchev–Trinajstić information content (AvgIpc) is 2.31. The highest BCUT2D eigenvalue weighted by atomic mass is 16.5. The zero-order valence-electron chi connectivity index (χ0n) is 10.1. The molecule has 0 N–H and O–H groups in total. The minimum atomic E-state index is -0.352. The number of rotatable bonds is 5. The molecule has 2 bridgehead atoms. The average molecular weight is 224 g/mol. The highest BCUT2D eigenvalue weighted by molar-refractivity contribution is 5.59. The van der Waals surface area contributed by atoms with Gasteiger partial charge in [-0.2, -0.15) is 0 Å². The van der Waals surface area contributed by atoms with Crippen LogP contribution in [-0.2, 0) is 14.3 Å². The molecule has 16 heavy (non-hydrogen) atoms. The summed E-state index contributed by atoms with van der Waals surface area (Å²) >= 11 is 0. The molecule has 3 atom stereocenters. The molecule has 0 aromatic rings. The lowest BCUT2D eigenvalue weighted by molar-refractivity contribution is -0.152. The van der Waals surface area contributed by atoms with Gasteiger partial charge in [-0.25, -0.2) is 0 Å². The summed E-state index contributed by atoms with van der Waals surface area (Å²) in [6.07, 6.45) is 7.81. The number of carbonyl (C=O) groups excluding carboxylic acids is 1. The van der Waals surface area contributed by atoms with E-state index in [1.165, 1.54) is 0 Å². The highest BCUT2D eigenvalue weighted by Crippen LogP contribution is 2.48. The molecule has 3 heteroatoms. The second-order valence-electron chi connectivity index (χ2n) is 4.67. The summed E-state index contributed by atoms with van der Waals surface area (Å²) in [6.45, 7) is 5.31. The number of fused-ring (bicyclic) bond motifs is 2. The maximum Gasteiger partial charge on any atom is 0.126 e. The third kappa shape index (κ3) is 1.72. The quantitative estimate of drug-likeness (QED) is 0.530. The van der Waals surface area contributed by atoms with Crippen LogP contribution in [0.5, 0.6) is 0 Å². The van der Waals surface area contributed by atoms with E-state index in [0.29, 0.717) is 13.2 Å². The van der Waals surface area contributed by atoms with Crippen LogP contribution in [0.1, 0.15) is 33.1 Å².